The Kier molecular flexibility index (Phi) is 5.43. The van der Waals surface area contributed by atoms with Crippen molar-refractivity contribution >= 4 is 29.3 Å². The van der Waals surface area contributed by atoms with Gasteiger partial charge in [-0.15, -0.1) is 11.3 Å². The van der Waals surface area contributed by atoms with Crippen molar-refractivity contribution in [2.75, 3.05) is 13.2 Å². The summed E-state index contributed by atoms with van der Waals surface area (Å²) in [6, 6.07) is 3.15. The summed E-state index contributed by atoms with van der Waals surface area (Å²) < 4.78 is 5.67. The zero-order chi connectivity index (χ0) is 18.9. The van der Waals surface area contributed by atoms with Gasteiger partial charge < -0.3 is 10.1 Å². The number of carbonyl (C=O) groups is 3. The lowest BCUT2D eigenvalue weighted by atomic mass is 9.87. The molecule has 0 radical (unpaired) electrons. The second-order valence-corrected chi connectivity index (χ2v) is 8.87. The highest BCUT2D eigenvalue weighted by Gasteiger charge is 2.52. The van der Waals surface area contributed by atoms with Crippen LogP contribution in [0.1, 0.15) is 54.6 Å². The quantitative estimate of drug-likeness (QED) is 0.755. The standard InChI is InChI=1S/C20H26N2O4S/c23-13-20(11-14-5-1-2-6-14,21-19(25)17-8-4-10-27-17)22-9-3-7-16-18(22)15(24)12-26-16/h4,8,10,13-14,16,18H,1-3,5-7,9,11-12H2,(H,21,25). The number of rotatable bonds is 6. The van der Waals surface area contributed by atoms with E-state index < -0.39 is 11.7 Å². The Bertz CT molecular complexity index is 701. The summed E-state index contributed by atoms with van der Waals surface area (Å²) in [5.41, 5.74) is -1.15. The molecular formula is C20H26N2O4S. The van der Waals surface area contributed by atoms with E-state index in [4.69, 9.17) is 4.74 Å². The van der Waals surface area contributed by atoms with E-state index in [2.05, 4.69) is 5.32 Å². The Balaban J connectivity index is 1.66. The molecule has 2 aliphatic heterocycles. The minimum absolute atomic E-state index is 0.0164. The van der Waals surface area contributed by atoms with Gasteiger partial charge in [-0.25, -0.2) is 0 Å². The molecule has 0 aromatic carbocycles. The Labute approximate surface area is 163 Å². The van der Waals surface area contributed by atoms with Crippen LogP contribution in [0.3, 0.4) is 0 Å². The van der Waals surface area contributed by atoms with Crippen LogP contribution in [0.5, 0.6) is 0 Å². The summed E-state index contributed by atoms with van der Waals surface area (Å²) in [7, 11) is 0. The fraction of sp³-hybridized carbons (Fsp3) is 0.650. The first-order chi connectivity index (χ1) is 13.1. The van der Waals surface area contributed by atoms with Gasteiger partial charge in [0, 0.05) is 6.54 Å². The number of amides is 1. The summed E-state index contributed by atoms with van der Waals surface area (Å²) in [5, 5.41) is 4.88. The third kappa shape index (κ3) is 3.60. The Hall–Kier alpha value is -1.57. The molecule has 3 aliphatic rings. The van der Waals surface area contributed by atoms with E-state index in [1.54, 1.807) is 6.07 Å². The molecule has 3 unspecified atom stereocenters. The van der Waals surface area contributed by atoms with Crippen molar-refractivity contribution < 1.29 is 19.1 Å². The highest BCUT2D eigenvalue weighted by Crippen LogP contribution is 2.37. The predicted octanol–water partition coefficient (Wildman–Crippen LogP) is 2.39. The topological polar surface area (TPSA) is 75.7 Å². The minimum atomic E-state index is -1.15. The number of ketones is 1. The molecule has 1 saturated carbocycles. The molecule has 2 saturated heterocycles. The lowest BCUT2D eigenvalue weighted by Crippen LogP contribution is -2.69. The summed E-state index contributed by atoms with van der Waals surface area (Å²) in [6.45, 7) is 0.718. The minimum Gasteiger partial charge on any atom is -0.368 e. The molecular weight excluding hydrogens is 364 g/mol. The van der Waals surface area contributed by atoms with Crippen molar-refractivity contribution in [3.05, 3.63) is 22.4 Å². The molecule has 3 fully saturated rings. The molecule has 27 heavy (non-hydrogen) atoms. The number of fused-ring (bicyclic) bond motifs is 1. The third-order valence-corrected chi connectivity index (χ3v) is 7.07. The average molecular weight is 391 g/mol. The number of hydrogen-bond acceptors (Lipinski definition) is 6. The average Bonchev–Trinajstić information content (AvgIpc) is 3.43. The lowest BCUT2D eigenvalue weighted by molar-refractivity contribution is -0.134. The SMILES string of the molecule is O=CC(CC1CCCC1)(NC(=O)c1cccs1)N1CCCC2OCC(=O)C21. The first kappa shape index (κ1) is 18.8. The molecule has 7 heteroatoms. The first-order valence-corrected chi connectivity index (χ1v) is 10.7. The van der Waals surface area contributed by atoms with Crippen LogP contribution in [0.2, 0.25) is 0 Å². The normalized spacial score (nSPS) is 28.7. The molecule has 3 heterocycles. The predicted molar refractivity (Wildman–Crippen MR) is 102 cm³/mol. The number of ether oxygens (including phenoxy) is 1. The van der Waals surface area contributed by atoms with Gasteiger partial charge in [-0.1, -0.05) is 31.7 Å². The van der Waals surface area contributed by atoms with Crippen LogP contribution >= 0.6 is 11.3 Å². The number of aldehydes is 1. The molecule has 1 N–H and O–H groups in total. The maximum absolute atomic E-state index is 12.9. The molecule has 0 spiro atoms. The number of thiophene rings is 1. The van der Waals surface area contributed by atoms with Crippen molar-refractivity contribution in [1.82, 2.24) is 10.2 Å². The van der Waals surface area contributed by atoms with E-state index in [0.29, 0.717) is 23.8 Å². The van der Waals surface area contributed by atoms with Gasteiger partial charge >= 0.3 is 0 Å². The number of carbonyl (C=O) groups excluding carboxylic acids is 3. The number of likely N-dealkylation sites (tertiary alicyclic amines) is 1. The number of nitrogens with one attached hydrogen (secondary N) is 1. The molecule has 1 aromatic rings. The molecule has 3 atom stereocenters. The number of nitrogens with zero attached hydrogens (tertiary/aromatic N) is 1. The number of Topliss-reactive ketones (excluding diaryl/α,β-unsaturated/α-hetero) is 1. The van der Waals surface area contributed by atoms with Gasteiger partial charge in [0.1, 0.15) is 6.61 Å². The van der Waals surface area contributed by atoms with Crippen molar-refractivity contribution in [3.8, 4) is 0 Å². The second kappa shape index (κ2) is 7.81. The maximum Gasteiger partial charge on any atom is 0.263 e. The van der Waals surface area contributed by atoms with Crippen LogP contribution in [0.4, 0.5) is 0 Å². The fourth-order valence-corrected chi connectivity index (χ4v) is 5.56. The molecule has 0 bridgehead atoms. The van der Waals surface area contributed by atoms with Crippen LogP contribution in [-0.2, 0) is 14.3 Å². The number of hydrogen-bond donors (Lipinski definition) is 1. The molecule has 6 nitrogen and oxygen atoms in total. The maximum atomic E-state index is 12.9. The van der Waals surface area contributed by atoms with Gasteiger partial charge in [0.2, 0.25) is 0 Å². The molecule has 4 rings (SSSR count). The molecule has 1 amide bonds. The van der Waals surface area contributed by atoms with Crippen LogP contribution in [0, 0.1) is 5.92 Å². The smallest absolute Gasteiger partial charge is 0.263 e. The van der Waals surface area contributed by atoms with Crippen molar-refractivity contribution in [3.63, 3.8) is 0 Å². The van der Waals surface area contributed by atoms with Gasteiger partial charge in [-0.3, -0.25) is 19.3 Å². The first-order valence-electron chi connectivity index (χ1n) is 9.86. The Morgan fingerprint density at radius 2 is 2.15 bits per heavy atom. The molecule has 1 aromatic heterocycles. The summed E-state index contributed by atoms with van der Waals surface area (Å²) in [6.07, 6.45) is 7.38. The van der Waals surface area contributed by atoms with Crippen molar-refractivity contribution in [2.24, 2.45) is 5.92 Å². The van der Waals surface area contributed by atoms with Gasteiger partial charge in [0.05, 0.1) is 17.0 Å². The summed E-state index contributed by atoms with van der Waals surface area (Å²) in [4.78, 5) is 40.4. The Morgan fingerprint density at radius 3 is 2.85 bits per heavy atom. The van der Waals surface area contributed by atoms with E-state index in [1.165, 1.54) is 11.3 Å². The van der Waals surface area contributed by atoms with E-state index in [1.807, 2.05) is 16.3 Å². The summed E-state index contributed by atoms with van der Waals surface area (Å²) >= 11 is 1.35. The van der Waals surface area contributed by atoms with Crippen LogP contribution in [0.25, 0.3) is 0 Å². The van der Waals surface area contributed by atoms with E-state index in [-0.39, 0.29) is 24.4 Å². The van der Waals surface area contributed by atoms with E-state index in [9.17, 15) is 14.4 Å². The van der Waals surface area contributed by atoms with Gasteiger partial charge in [-0.2, -0.15) is 0 Å². The Morgan fingerprint density at radius 1 is 1.33 bits per heavy atom. The van der Waals surface area contributed by atoms with Crippen LogP contribution in [-0.4, -0.2) is 53.8 Å². The van der Waals surface area contributed by atoms with Crippen LogP contribution < -0.4 is 5.32 Å². The third-order valence-electron chi connectivity index (χ3n) is 6.20. The zero-order valence-electron chi connectivity index (χ0n) is 15.4. The van der Waals surface area contributed by atoms with Crippen molar-refractivity contribution in [2.45, 2.75) is 62.8 Å². The van der Waals surface area contributed by atoms with E-state index >= 15 is 0 Å². The highest BCUT2D eigenvalue weighted by molar-refractivity contribution is 7.12. The monoisotopic (exact) mass is 390 g/mol. The van der Waals surface area contributed by atoms with Gasteiger partial charge in [0.15, 0.2) is 17.7 Å². The van der Waals surface area contributed by atoms with Gasteiger partial charge in [-0.05, 0) is 36.6 Å². The molecule has 146 valence electrons. The molecule has 1 aliphatic carbocycles. The second-order valence-electron chi connectivity index (χ2n) is 7.92. The van der Waals surface area contributed by atoms with Crippen LogP contribution in [0.15, 0.2) is 17.5 Å². The largest absolute Gasteiger partial charge is 0.368 e. The fourth-order valence-electron chi connectivity index (χ4n) is 4.94. The highest BCUT2D eigenvalue weighted by atomic mass is 32.1. The zero-order valence-corrected chi connectivity index (χ0v) is 16.2. The summed E-state index contributed by atoms with van der Waals surface area (Å²) in [5.74, 6) is 0.155. The number of piperidine rings is 1. The van der Waals surface area contributed by atoms with Gasteiger partial charge in [0.25, 0.3) is 5.91 Å². The lowest BCUT2D eigenvalue weighted by Gasteiger charge is -2.47. The van der Waals surface area contributed by atoms with Crippen molar-refractivity contribution in [1.29, 1.82) is 0 Å². The van der Waals surface area contributed by atoms with E-state index in [0.717, 1.165) is 44.8 Å².